The van der Waals surface area contributed by atoms with Crippen LogP contribution in [0.15, 0.2) is 0 Å². The highest BCUT2D eigenvalue weighted by Gasteiger charge is 2.25. The SMILES string of the molecule is CCc1nc(N(CC)CC2CC2)sc1CNC(C)C. The van der Waals surface area contributed by atoms with Crippen LogP contribution in [-0.4, -0.2) is 24.1 Å². The number of nitrogens with one attached hydrogen (secondary N) is 1. The maximum atomic E-state index is 4.86. The molecule has 108 valence electrons. The third-order valence-corrected chi connectivity index (χ3v) is 4.76. The summed E-state index contributed by atoms with van der Waals surface area (Å²) in [6, 6.07) is 0.531. The van der Waals surface area contributed by atoms with Gasteiger partial charge in [-0.05, 0) is 32.1 Å². The van der Waals surface area contributed by atoms with Gasteiger partial charge in [-0.25, -0.2) is 4.98 Å². The van der Waals surface area contributed by atoms with Crippen LogP contribution in [-0.2, 0) is 13.0 Å². The Morgan fingerprint density at radius 3 is 2.63 bits per heavy atom. The molecule has 0 saturated heterocycles. The van der Waals surface area contributed by atoms with Gasteiger partial charge in [0.25, 0.3) is 0 Å². The lowest BCUT2D eigenvalue weighted by atomic mass is 10.3. The Morgan fingerprint density at radius 1 is 1.37 bits per heavy atom. The molecular formula is C15H27N3S. The molecule has 0 spiro atoms. The molecule has 0 aliphatic heterocycles. The summed E-state index contributed by atoms with van der Waals surface area (Å²) in [5.74, 6) is 0.922. The van der Waals surface area contributed by atoms with Gasteiger partial charge in [0.1, 0.15) is 0 Å². The summed E-state index contributed by atoms with van der Waals surface area (Å²) >= 11 is 1.88. The third-order valence-electron chi connectivity index (χ3n) is 3.60. The Hall–Kier alpha value is -0.610. The van der Waals surface area contributed by atoms with E-state index in [2.05, 4.69) is 37.9 Å². The first kappa shape index (κ1) is 14.8. The van der Waals surface area contributed by atoms with Crippen molar-refractivity contribution in [2.24, 2.45) is 5.92 Å². The zero-order chi connectivity index (χ0) is 13.8. The van der Waals surface area contributed by atoms with Crippen molar-refractivity contribution in [2.75, 3.05) is 18.0 Å². The molecule has 19 heavy (non-hydrogen) atoms. The third kappa shape index (κ3) is 4.18. The fraction of sp³-hybridized carbons (Fsp3) is 0.800. The minimum atomic E-state index is 0.531. The highest BCUT2D eigenvalue weighted by molar-refractivity contribution is 7.15. The van der Waals surface area contributed by atoms with E-state index < -0.39 is 0 Å². The first-order valence-electron chi connectivity index (χ1n) is 7.60. The molecule has 1 N–H and O–H groups in total. The Labute approximate surface area is 121 Å². The average Bonchev–Trinajstić information content (AvgIpc) is 3.11. The molecule has 0 aromatic carbocycles. The second kappa shape index (κ2) is 6.71. The van der Waals surface area contributed by atoms with Crippen molar-refractivity contribution in [2.45, 2.75) is 59.5 Å². The van der Waals surface area contributed by atoms with Crippen molar-refractivity contribution in [1.82, 2.24) is 10.3 Å². The first-order valence-corrected chi connectivity index (χ1v) is 8.42. The van der Waals surface area contributed by atoms with Gasteiger partial charge < -0.3 is 10.2 Å². The molecule has 1 heterocycles. The summed E-state index contributed by atoms with van der Waals surface area (Å²) in [5.41, 5.74) is 1.28. The molecule has 1 aliphatic carbocycles. The molecular weight excluding hydrogens is 254 g/mol. The van der Waals surface area contributed by atoms with Gasteiger partial charge in [-0.2, -0.15) is 0 Å². The molecule has 0 atom stereocenters. The van der Waals surface area contributed by atoms with E-state index in [9.17, 15) is 0 Å². The number of thiazole rings is 1. The van der Waals surface area contributed by atoms with E-state index in [1.165, 1.54) is 35.1 Å². The van der Waals surface area contributed by atoms with Crippen LogP contribution in [0.4, 0.5) is 5.13 Å². The van der Waals surface area contributed by atoms with E-state index in [0.717, 1.165) is 25.4 Å². The number of rotatable bonds is 8. The topological polar surface area (TPSA) is 28.2 Å². The van der Waals surface area contributed by atoms with E-state index in [-0.39, 0.29) is 0 Å². The van der Waals surface area contributed by atoms with Crippen LogP contribution < -0.4 is 10.2 Å². The minimum Gasteiger partial charge on any atom is -0.348 e. The van der Waals surface area contributed by atoms with Crippen molar-refractivity contribution < 1.29 is 0 Å². The lowest BCUT2D eigenvalue weighted by Gasteiger charge is -2.19. The number of anilines is 1. The second-order valence-corrected chi connectivity index (χ2v) is 6.80. The van der Waals surface area contributed by atoms with Crippen LogP contribution in [0, 0.1) is 5.92 Å². The van der Waals surface area contributed by atoms with Crippen LogP contribution in [0.5, 0.6) is 0 Å². The number of hydrogen-bond donors (Lipinski definition) is 1. The normalized spacial score (nSPS) is 15.2. The van der Waals surface area contributed by atoms with Gasteiger partial charge in [-0.1, -0.05) is 20.8 Å². The molecule has 0 unspecified atom stereocenters. The van der Waals surface area contributed by atoms with Crippen molar-refractivity contribution in [3.8, 4) is 0 Å². The van der Waals surface area contributed by atoms with E-state index in [1.807, 2.05) is 11.3 Å². The summed E-state index contributed by atoms with van der Waals surface area (Å²) in [4.78, 5) is 8.74. The quantitative estimate of drug-likeness (QED) is 0.791. The van der Waals surface area contributed by atoms with Crippen LogP contribution >= 0.6 is 11.3 Å². The van der Waals surface area contributed by atoms with E-state index >= 15 is 0 Å². The highest BCUT2D eigenvalue weighted by Crippen LogP contribution is 2.33. The van der Waals surface area contributed by atoms with Gasteiger partial charge in [-0.3, -0.25) is 0 Å². The van der Waals surface area contributed by atoms with E-state index in [1.54, 1.807) is 0 Å². The Morgan fingerprint density at radius 2 is 2.11 bits per heavy atom. The van der Waals surface area contributed by atoms with Crippen LogP contribution in [0.1, 0.15) is 51.1 Å². The number of nitrogens with zero attached hydrogens (tertiary/aromatic N) is 2. The Kier molecular flexibility index (Phi) is 5.22. The number of aryl methyl sites for hydroxylation is 1. The molecule has 4 heteroatoms. The predicted octanol–water partition coefficient (Wildman–Crippen LogP) is 3.44. The largest absolute Gasteiger partial charge is 0.348 e. The number of hydrogen-bond acceptors (Lipinski definition) is 4. The summed E-state index contributed by atoms with van der Waals surface area (Å²) in [5, 5.41) is 4.74. The smallest absolute Gasteiger partial charge is 0.185 e. The summed E-state index contributed by atoms with van der Waals surface area (Å²) in [6.45, 7) is 12.1. The monoisotopic (exact) mass is 281 g/mol. The van der Waals surface area contributed by atoms with Crippen LogP contribution in [0.3, 0.4) is 0 Å². The Bertz CT molecular complexity index is 396. The molecule has 1 aromatic heterocycles. The fourth-order valence-electron chi connectivity index (χ4n) is 2.17. The predicted molar refractivity (Wildman–Crippen MR) is 84.1 cm³/mol. The van der Waals surface area contributed by atoms with Crippen molar-refractivity contribution >= 4 is 16.5 Å². The zero-order valence-electron chi connectivity index (χ0n) is 12.7. The molecule has 0 amide bonds. The van der Waals surface area contributed by atoms with Gasteiger partial charge in [0.15, 0.2) is 5.13 Å². The van der Waals surface area contributed by atoms with Crippen LogP contribution in [0.25, 0.3) is 0 Å². The average molecular weight is 281 g/mol. The fourth-order valence-corrected chi connectivity index (χ4v) is 3.34. The molecule has 0 radical (unpaired) electrons. The van der Waals surface area contributed by atoms with E-state index in [4.69, 9.17) is 4.98 Å². The van der Waals surface area contributed by atoms with Crippen molar-refractivity contribution in [1.29, 1.82) is 0 Å². The maximum Gasteiger partial charge on any atom is 0.185 e. The molecule has 1 aliphatic rings. The molecule has 1 aromatic rings. The van der Waals surface area contributed by atoms with E-state index in [0.29, 0.717) is 6.04 Å². The van der Waals surface area contributed by atoms with Gasteiger partial charge in [0.05, 0.1) is 5.69 Å². The number of aromatic nitrogens is 1. The molecule has 2 rings (SSSR count). The molecule has 1 saturated carbocycles. The van der Waals surface area contributed by atoms with Crippen LogP contribution in [0.2, 0.25) is 0 Å². The second-order valence-electron chi connectivity index (χ2n) is 5.74. The van der Waals surface area contributed by atoms with Gasteiger partial charge in [0, 0.05) is 30.6 Å². The first-order chi connectivity index (χ1) is 9.13. The lowest BCUT2D eigenvalue weighted by molar-refractivity contribution is 0.590. The minimum absolute atomic E-state index is 0.531. The van der Waals surface area contributed by atoms with Gasteiger partial charge >= 0.3 is 0 Å². The molecule has 0 bridgehead atoms. The molecule has 3 nitrogen and oxygen atoms in total. The van der Waals surface area contributed by atoms with Crippen molar-refractivity contribution in [3.05, 3.63) is 10.6 Å². The molecule has 1 fully saturated rings. The van der Waals surface area contributed by atoms with Gasteiger partial charge in [-0.15, -0.1) is 11.3 Å². The summed E-state index contributed by atoms with van der Waals surface area (Å²) in [6.07, 6.45) is 3.85. The highest BCUT2D eigenvalue weighted by atomic mass is 32.1. The summed E-state index contributed by atoms with van der Waals surface area (Å²) in [7, 11) is 0. The standard InChI is InChI=1S/C15H27N3S/c1-5-13-14(9-16-11(3)4)19-15(17-13)18(6-2)10-12-7-8-12/h11-12,16H,5-10H2,1-4H3. The van der Waals surface area contributed by atoms with Crippen molar-refractivity contribution in [3.63, 3.8) is 0 Å². The maximum absolute atomic E-state index is 4.86. The Balaban J connectivity index is 2.06. The summed E-state index contributed by atoms with van der Waals surface area (Å²) < 4.78 is 0. The zero-order valence-corrected chi connectivity index (χ0v) is 13.5. The van der Waals surface area contributed by atoms with Gasteiger partial charge in [0.2, 0.25) is 0 Å². The lowest BCUT2D eigenvalue weighted by Crippen LogP contribution is -2.24.